The van der Waals surface area contributed by atoms with Crippen molar-refractivity contribution < 1.29 is 14.2 Å². The molecule has 1 aromatic carbocycles. The Kier molecular flexibility index (Phi) is 3.47. The predicted molar refractivity (Wildman–Crippen MR) is 53.2 cm³/mol. The van der Waals surface area contributed by atoms with Crippen molar-refractivity contribution in [3.05, 3.63) is 29.1 Å². The summed E-state index contributed by atoms with van der Waals surface area (Å²) >= 11 is 0. The minimum Gasteiger partial charge on any atom is -0.496 e. The molecule has 78 valence electrons. The Morgan fingerprint density at radius 3 is 2.64 bits per heavy atom. The molecule has 1 unspecified atom stereocenters. The third kappa shape index (κ3) is 1.87. The van der Waals surface area contributed by atoms with Gasteiger partial charge in [0.2, 0.25) is 0 Å². The van der Waals surface area contributed by atoms with Crippen molar-refractivity contribution in [1.82, 2.24) is 0 Å². The molecule has 1 N–H and O–H groups in total. The Bertz CT molecular complexity index is 323. The zero-order valence-corrected chi connectivity index (χ0v) is 8.67. The Labute approximate surface area is 83.3 Å². The summed E-state index contributed by atoms with van der Waals surface area (Å²) in [5, 5.41) is 8.99. The van der Waals surface area contributed by atoms with Crippen molar-refractivity contribution in [2.75, 3.05) is 13.7 Å². The van der Waals surface area contributed by atoms with Crippen molar-refractivity contribution in [1.29, 1.82) is 0 Å². The van der Waals surface area contributed by atoms with E-state index in [1.165, 1.54) is 6.07 Å². The SMILES string of the molecule is COc1ccc(F)c(C(C)CO)c1C. The largest absolute Gasteiger partial charge is 0.496 e. The van der Waals surface area contributed by atoms with Gasteiger partial charge >= 0.3 is 0 Å². The molecule has 3 heteroatoms. The van der Waals surface area contributed by atoms with E-state index < -0.39 is 0 Å². The van der Waals surface area contributed by atoms with Gasteiger partial charge in [-0.1, -0.05) is 6.92 Å². The molecule has 2 nitrogen and oxygen atoms in total. The molecule has 14 heavy (non-hydrogen) atoms. The molecule has 0 heterocycles. The molecule has 0 radical (unpaired) electrons. The highest BCUT2D eigenvalue weighted by Crippen LogP contribution is 2.29. The lowest BCUT2D eigenvalue weighted by Gasteiger charge is -2.15. The number of aliphatic hydroxyl groups excluding tert-OH is 1. The topological polar surface area (TPSA) is 29.5 Å². The third-order valence-corrected chi connectivity index (χ3v) is 2.40. The molecule has 0 amide bonds. The number of methoxy groups -OCH3 is 1. The maximum absolute atomic E-state index is 13.4. The fourth-order valence-corrected chi connectivity index (χ4v) is 1.59. The lowest BCUT2D eigenvalue weighted by atomic mass is 9.96. The van der Waals surface area contributed by atoms with Gasteiger partial charge < -0.3 is 9.84 Å². The normalized spacial score (nSPS) is 12.6. The van der Waals surface area contributed by atoms with E-state index in [-0.39, 0.29) is 18.3 Å². The number of halogens is 1. The molecular formula is C11H15FO2. The van der Waals surface area contributed by atoms with Crippen LogP contribution in [0.25, 0.3) is 0 Å². The Hall–Kier alpha value is -1.09. The van der Waals surface area contributed by atoms with Crippen LogP contribution in [0.3, 0.4) is 0 Å². The van der Waals surface area contributed by atoms with Crippen molar-refractivity contribution in [3.63, 3.8) is 0 Å². The summed E-state index contributed by atoms with van der Waals surface area (Å²) in [6.07, 6.45) is 0. The smallest absolute Gasteiger partial charge is 0.127 e. The van der Waals surface area contributed by atoms with Crippen LogP contribution in [0.2, 0.25) is 0 Å². The van der Waals surface area contributed by atoms with E-state index in [2.05, 4.69) is 0 Å². The summed E-state index contributed by atoms with van der Waals surface area (Å²) in [5.74, 6) is 0.164. The maximum Gasteiger partial charge on any atom is 0.127 e. The summed E-state index contributed by atoms with van der Waals surface area (Å²) in [5.41, 5.74) is 1.29. The van der Waals surface area contributed by atoms with E-state index in [4.69, 9.17) is 9.84 Å². The van der Waals surface area contributed by atoms with E-state index in [0.29, 0.717) is 11.3 Å². The first-order valence-corrected chi connectivity index (χ1v) is 4.55. The van der Waals surface area contributed by atoms with Crippen LogP contribution in [-0.4, -0.2) is 18.8 Å². The van der Waals surface area contributed by atoms with Crippen molar-refractivity contribution in [3.8, 4) is 5.75 Å². The Balaban J connectivity index is 3.25. The van der Waals surface area contributed by atoms with E-state index in [0.717, 1.165) is 5.56 Å². The van der Waals surface area contributed by atoms with Gasteiger partial charge in [0.25, 0.3) is 0 Å². The average Bonchev–Trinajstić information content (AvgIpc) is 2.18. The highest BCUT2D eigenvalue weighted by molar-refractivity contribution is 5.41. The van der Waals surface area contributed by atoms with E-state index in [1.807, 2.05) is 0 Å². The molecule has 0 aliphatic heterocycles. The molecule has 0 aromatic heterocycles. The number of ether oxygens (including phenoxy) is 1. The first-order valence-electron chi connectivity index (χ1n) is 4.55. The molecule has 0 fully saturated rings. The second-order valence-electron chi connectivity index (χ2n) is 3.37. The maximum atomic E-state index is 13.4. The van der Waals surface area contributed by atoms with Gasteiger partial charge in [0.1, 0.15) is 11.6 Å². The molecule has 1 atom stereocenters. The third-order valence-electron chi connectivity index (χ3n) is 2.40. The second kappa shape index (κ2) is 4.42. The fourth-order valence-electron chi connectivity index (χ4n) is 1.59. The monoisotopic (exact) mass is 198 g/mol. The van der Waals surface area contributed by atoms with Crippen LogP contribution >= 0.6 is 0 Å². The van der Waals surface area contributed by atoms with E-state index in [1.54, 1.807) is 27.0 Å². The van der Waals surface area contributed by atoms with Crippen molar-refractivity contribution in [2.45, 2.75) is 19.8 Å². The van der Waals surface area contributed by atoms with Gasteiger partial charge in [-0.2, -0.15) is 0 Å². The first-order chi connectivity index (χ1) is 6.61. The average molecular weight is 198 g/mol. The predicted octanol–water partition coefficient (Wildman–Crippen LogP) is 2.24. The van der Waals surface area contributed by atoms with Crippen LogP contribution in [0.5, 0.6) is 5.75 Å². The molecule has 0 spiro atoms. The molecule has 0 aliphatic rings. The van der Waals surface area contributed by atoms with Gasteiger partial charge in [-0.05, 0) is 30.2 Å². The molecule has 0 bridgehead atoms. The number of hydrogen-bond acceptors (Lipinski definition) is 2. The summed E-state index contributed by atoms with van der Waals surface area (Å²) in [6, 6.07) is 2.96. The minimum absolute atomic E-state index is 0.0646. The van der Waals surface area contributed by atoms with Crippen LogP contribution in [0.1, 0.15) is 24.0 Å². The molecule has 0 saturated carbocycles. The van der Waals surface area contributed by atoms with Crippen molar-refractivity contribution >= 4 is 0 Å². The minimum atomic E-state index is -0.287. The molecule has 1 rings (SSSR count). The van der Waals surface area contributed by atoms with Crippen LogP contribution in [0.15, 0.2) is 12.1 Å². The zero-order chi connectivity index (χ0) is 10.7. The molecule has 1 aromatic rings. The summed E-state index contributed by atoms with van der Waals surface area (Å²) in [6.45, 7) is 3.51. The van der Waals surface area contributed by atoms with Crippen molar-refractivity contribution in [2.24, 2.45) is 0 Å². The van der Waals surface area contributed by atoms with Gasteiger partial charge in [0.15, 0.2) is 0 Å². The number of aliphatic hydroxyl groups is 1. The molecule has 0 saturated heterocycles. The summed E-state index contributed by atoms with van der Waals surface area (Å²) in [7, 11) is 1.55. The van der Waals surface area contributed by atoms with E-state index in [9.17, 15) is 4.39 Å². The fraction of sp³-hybridized carbons (Fsp3) is 0.455. The van der Waals surface area contributed by atoms with E-state index >= 15 is 0 Å². The van der Waals surface area contributed by atoms with Gasteiger partial charge in [-0.15, -0.1) is 0 Å². The lowest BCUT2D eigenvalue weighted by Crippen LogP contribution is -2.05. The quantitative estimate of drug-likeness (QED) is 0.807. The van der Waals surface area contributed by atoms with Crippen LogP contribution in [0, 0.1) is 12.7 Å². The van der Waals surface area contributed by atoms with Gasteiger partial charge in [-0.25, -0.2) is 4.39 Å². The lowest BCUT2D eigenvalue weighted by molar-refractivity contribution is 0.269. The van der Waals surface area contributed by atoms with Gasteiger partial charge in [0.05, 0.1) is 7.11 Å². The summed E-state index contributed by atoms with van der Waals surface area (Å²) < 4.78 is 18.5. The standard InChI is InChI=1S/C11H15FO2/c1-7(6-13)11-8(2)10(14-3)5-4-9(11)12/h4-5,7,13H,6H2,1-3H3. The summed E-state index contributed by atoms with van der Waals surface area (Å²) in [4.78, 5) is 0. The number of rotatable bonds is 3. The first kappa shape index (κ1) is 11.0. The zero-order valence-electron chi connectivity index (χ0n) is 8.67. The number of benzene rings is 1. The molecule has 0 aliphatic carbocycles. The highest BCUT2D eigenvalue weighted by Gasteiger charge is 2.15. The molecular weight excluding hydrogens is 183 g/mol. The van der Waals surface area contributed by atoms with Crippen LogP contribution in [-0.2, 0) is 0 Å². The van der Waals surface area contributed by atoms with Crippen LogP contribution in [0.4, 0.5) is 4.39 Å². The second-order valence-corrected chi connectivity index (χ2v) is 3.37. The Morgan fingerprint density at radius 1 is 1.50 bits per heavy atom. The highest BCUT2D eigenvalue weighted by atomic mass is 19.1. The number of hydrogen-bond donors (Lipinski definition) is 1. The van der Waals surface area contributed by atoms with Gasteiger partial charge in [-0.3, -0.25) is 0 Å². The van der Waals surface area contributed by atoms with Gasteiger partial charge in [0, 0.05) is 12.5 Å². The van der Waals surface area contributed by atoms with Crippen LogP contribution < -0.4 is 4.74 Å². The Morgan fingerprint density at radius 2 is 2.14 bits per heavy atom.